The number of rotatable bonds is 4. The molecule has 1 aliphatic carbocycles. The van der Waals surface area contributed by atoms with Crippen LogP contribution in [0.2, 0.25) is 0 Å². The molecular formula is C21H26N4O3. The molecule has 2 unspecified atom stereocenters. The van der Waals surface area contributed by atoms with E-state index in [1.807, 2.05) is 12.1 Å². The lowest BCUT2D eigenvalue weighted by Gasteiger charge is -2.44. The second-order valence-electron chi connectivity index (χ2n) is 8.55. The molecule has 1 aromatic carbocycles. The highest BCUT2D eigenvalue weighted by Gasteiger charge is 2.46. The van der Waals surface area contributed by atoms with E-state index in [-0.39, 0.29) is 24.1 Å². The van der Waals surface area contributed by atoms with Crippen LogP contribution >= 0.6 is 0 Å². The summed E-state index contributed by atoms with van der Waals surface area (Å²) < 4.78 is 0. The molecular weight excluding hydrogens is 356 g/mol. The predicted octanol–water partition coefficient (Wildman–Crippen LogP) is 0.822. The van der Waals surface area contributed by atoms with Crippen molar-refractivity contribution in [1.82, 2.24) is 20.9 Å². The summed E-state index contributed by atoms with van der Waals surface area (Å²) in [6.07, 6.45) is 5.65. The number of amides is 3. The third-order valence-corrected chi connectivity index (χ3v) is 6.96. The standard InChI is InChI=1S/C21H26N4O3/c26-18-5-4-16(19(27)24-18)25-12-14-10-13(2-3-15(14)20(25)28)11-22-17-6-9-23-21(17)7-1-8-21/h2-3,10,16-17,22-23H,1,4-9,11-12H2,(H,24,26,27). The van der Waals surface area contributed by atoms with Crippen molar-refractivity contribution in [2.24, 2.45) is 0 Å². The molecule has 2 atom stereocenters. The van der Waals surface area contributed by atoms with E-state index < -0.39 is 6.04 Å². The van der Waals surface area contributed by atoms with Gasteiger partial charge in [0.05, 0.1) is 0 Å². The first-order valence-electron chi connectivity index (χ1n) is 10.3. The van der Waals surface area contributed by atoms with Gasteiger partial charge in [0.2, 0.25) is 11.8 Å². The summed E-state index contributed by atoms with van der Waals surface area (Å²) in [6, 6.07) is 5.93. The van der Waals surface area contributed by atoms with Crippen molar-refractivity contribution in [2.45, 2.75) is 69.2 Å². The Kier molecular flexibility index (Phi) is 4.25. The van der Waals surface area contributed by atoms with Crippen LogP contribution in [0.25, 0.3) is 0 Å². The summed E-state index contributed by atoms with van der Waals surface area (Å²) in [4.78, 5) is 37.9. The van der Waals surface area contributed by atoms with Gasteiger partial charge in [-0.25, -0.2) is 0 Å². The average Bonchev–Trinajstić information content (AvgIpc) is 3.21. The molecule has 0 bridgehead atoms. The van der Waals surface area contributed by atoms with Crippen LogP contribution < -0.4 is 16.0 Å². The minimum Gasteiger partial charge on any atom is -0.322 e. The average molecular weight is 382 g/mol. The van der Waals surface area contributed by atoms with E-state index in [2.05, 4.69) is 22.0 Å². The third-order valence-electron chi connectivity index (χ3n) is 6.96. The van der Waals surface area contributed by atoms with Gasteiger partial charge < -0.3 is 15.5 Å². The Morgan fingerprint density at radius 2 is 2.04 bits per heavy atom. The number of carbonyl (C=O) groups is 3. The number of hydrogen-bond donors (Lipinski definition) is 3. The Morgan fingerprint density at radius 1 is 1.18 bits per heavy atom. The normalized spacial score (nSPS) is 28.4. The number of piperidine rings is 1. The van der Waals surface area contributed by atoms with Crippen LogP contribution in [0.5, 0.6) is 0 Å². The molecule has 3 amide bonds. The Bertz CT molecular complexity index is 848. The topological polar surface area (TPSA) is 90.5 Å². The highest BCUT2D eigenvalue weighted by molar-refractivity contribution is 6.05. The van der Waals surface area contributed by atoms with Crippen molar-refractivity contribution in [3.05, 3.63) is 34.9 Å². The van der Waals surface area contributed by atoms with Gasteiger partial charge in [-0.1, -0.05) is 12.1 Å². The van der Waals surface area contributed by atoms with Crippen molar-refractivity contribution in [1.29, 1.82) is 0 Å². The van der Waals surface area contributed by atoms with E-state index in [4.69, 9.17) is 0 Å². The van der Waals surface area contributed by atoms with Gasteiger partial charge in [-0.15, -0.1) is 0 Å². The van der Waals surface area contributed by atoms with Crippen molar-refractivity contribution < 1.29 is 14.4 Å². The molecule has 1 spiro atoms. The van der Waals surface area contributed by atoms with E-state index in [9.17, 15) is 14.4 Å². The zero-order valence-electron chi connectivity index (χ0n) is 15.9. The summed E-state index contributed by atoms with van der Waals surface area (Å²) in [7, 11) is 0. The Balaban J connectivity index is 1.27. The van der Waals surface area contributed by atoms with Gasteiger partial charge in [-0.05, 0) is 55.8 Å². The molecule has 7 nitrogen and oxygen atoms in total. The zero-order chi connectivity index (χ0) is 19.3. The second kappa shape index (κ2) is 6.67. The first-order valence-corrected chi connectivity index (χ1v) is 10.3. The molecule has 148 valence electrons. The molecule has 1 aromatic rings. The van der Waals surface area contributed by atoms with Gasteiger partial charge in [0.25, 0.3) is 5.91 Å². The molecule has 28 heavy (non-hydrogen) atoms. The molecule has 4 aliphatic rings. The fourth-order valence-electron chi connectivity index (χ4n) is 5.22. The number of nitrogens with zero attached hydrogens (tertiary/aromatic N) is 1. The van der Waals surface area contributed by atoms with Gasteiger partial charge in [0.1, 0.15) is 6.04 Å². The van der Waals surface area contributed by atoms with Gasteiger partial charge in [-0.2, -0.15) is 0 Å². The molecule has 0 aromatic heterocycles. The molecule has 3 aliphatic heterocycles. The summed E-state index contributed by atoms with van der Waals surface area (Å²) in [5.41, 5.74) is 3.11. The van der Waals surface area contributed by atoms with Crippen LogP contribution in [0, 0.1) is 0 Å². The monoisotopic (exact) mass is 382 g/mol. The fraction of sp³-hybridized carbons (Fsp3) is 0.571. The molecule has 3 heterocycles. The van der Waals surface area contributed by atoms with Crippen LogP contribution in [0.1, 0.15) is 60.0 Å². The lowest BCUT2D eigenvalue weighted by atomic mass is 9.73. The van der Waals surface area contributed by atoms with Crippen molar-refractivity contribution in [3.8, 4) is 0 Å². The first-order chi connectivity index (χ1) is 13.6. The number of benzene rings is 1. The molecule has 1 saturated carbocycles. The van der Waals surface area contributed by atoms with E-state index in [1.165, 1.54) is 19.3 Å². The summed E-state index contributed by atoms with van der Waals surface area (Å²) in [5, 5.41) is 9.74. The SMILES string of the molecule is O=C1CCC(N2Cc3cc(CNC4CCNC45CCC5)ccc3C2=O)C(=O)N1. The Morgan fingerprint density at radius 3 is 2.79 bits per heavy atom. The van der Waals surface area contributed by atoms with Crippen LogP contribution in [0.4, 0.5) is 0 Å². The lowest BCUT2D eigenvalue weighted by molar-refractivity contribution is -0.136. The van der Waals surface area contributed by atoms with Gasteiger partial charge in [-0.3, -0.25) is 19.7 Å². The van der Waals surface area contributed by atoms with E-state index >= 15 is 0 Å². The minimum atomic E-state index is -0.554. The highest BCUT2D eigenvalue weighted by Crippen LogP contribution is 2.39. The molecule has 5 rings (SSSR count). The van der Waals surface area contributed by atoms with E-state index in [1.54, 1.807) is 4.90 Å². The molecule has 2 saturated heterocycles. The van der Waals surface area contributed by atoms with Gasteiger partial charge >= 0.3 is 0 Å². The summed E-state index contributed by atoms with van der Waals surface area (Å²) in [6.45, 7) is 2.30. The van der Waals surface area contributed by atoms with Crippen LogP contribution in [-0.2, 0) is 22.7 Å². The highest BCUT2D eigenvalue weighted by atomic mass is 16.2. The zero-order valence-corrected chi connectivity index (χ0v) is 15.9. The lowest BCUT2D eigenvalue weighted by Crippen LogP contribution is -2.57. The smallest absolute Gasteiger partial charge is 0.255 e. The maximum absolute atomic E-state index is 12.8. The molecule has 3 fully saturated rings. The number of carbonyl (C=O) groups excluding carboxylic acids is 3. The van der Waals surface area contributed by atoms with E-state index in [0.29, 0.717) is 30.1 Å². The number of hydrogen-bond acceptors (Lipinski definition) is 5. The van der Waals surface area contributed by atoms with Crippen LogP contribution in [0.3, 0.4) is 0 Å². The van der Waals surface area contributed by atoms with E-state index in [0.717, 1.165) is 30.6 Å². The van der Waals surface area contributed by atoms with Crippen molar-refractivity contribution in [2.75, 3.05) is 6.54 Å². The van der Waals surface area contributed by atoms with Gasteiger partial charge in [0.15, 0.2) is 0 Å². The quantitative estimate of drug-likeness (QED) is 0.671. The summed E-state index contributed by atoms with van der Waals surface area (Å²) >= 11 is 0. The minimum absolute atomic E-state index is 0.113. The maximum atomic E-state index is 12.8. The van der Waals surface area contributed by atoms with Crippen LogP contribution in [-0.4, -0.2) is 46.8 Å². The Labute approximate surface area is 164 Å². The van der Waals surface area contributed by atoms with Crippen molar-refractivity contribution >= 4 is 17.7 Å². The molecule has 3 N–H and O–H groups in total. The number of fused-ring (bicyclic) bond motifs is 1. The second-order valence-corrected chi connectivity index (χ2v) is 8.55. The van der Waals surface area contributed by atoms with Crippen molar-refractivity contribution in [3.63, 3.8) is 0 Å². The largest absolute Gasteiger partial charge is 0.322 e. The first kappa shape index (κ1) is 17.8. The molecule has 7 heteroatoms. The maximum Gasteiger partial charge on any atom is 0.255 e. The van der Waals surface area contributed by atoms with Crippen LogP contribution in [0.15, 0.2) is 18.2 Å². The predicted molar refractivity (Wildman–Crippen MR) is 102 cm³/mol. The number of nitrogens with one attached hydrogen (secondary N) is 3. The number of imide groups is 1. The Hall–Kier alpha value is -2.25. The molecule has 0 radical (unpaired) electrons. The van der Waals surface area contributed by atoms with Gasteiger partial charge in [0, 0.05) is 36.7 Å². The summed E-state index contributed by atoms with van der Waals surface area (Å²) in [5.74, 6) is -0.736. The third kappa shape index (κ3) is 2.84. The fourth-order valence-corrected chi connectivity index (χ4v) is 5.22.